The fraction of sp³-hybridized carbons (Fsp3) is 0.529. The third-order valence-electron chi connectivity index (χ3n) is 3.37. The number of unbranched alkanes of at least 4 members (excludes halogenated alkanes) is 4. The zero-order valence-corrected chi connectivity index (χ0v) is 13.6. The number of anilines is 1. The average Bonchev–Trinajstić information content (AvgIpc) is 2.51. The molecule has 5 heteroatoms. The van der Waals surface area contributed by atoms with Crippen LogP contribution in [0.5, 0.6) is 0 Å². The summed E-state index contributed by atoms with van der Waals surface area (Å²) in [6.45, 7) is 2.77. The van der Waals surface area contributed by atoms with Crippen LogP contribution in [0, 0.1) is 6.92 Å². The predicted molar refractivity (Wildman–Crippen MR) is 91.0 cm³/mol. The normalized spacial score (nSPS) is 11.3. The van der Waals surface area contributed by atoms with Crippen molar-refractivity contribution in [3.05, 3.63) is 29.8 Å². The van der Waals surface area contributed by atoms with E-state index in [1.54, 1.807) is 0 Å². The molecule has 5 nitrogen and oxygen atoms in total. The fourth-order valence-corrected chi connectivity index (χ4v) is 2.04. The van der Waals surface area contributed by atoms with Gasteiger partial charge in [-0.05, 0) is 31.9 Å². The Morgan fingerprint density at radius 1 is 1.14 bits per heavy atom. The molecule has 0 amide bonds. The lowest BCUT2D eigenvalue weighted by molar-refractivity contribution is -0.140. The number of rotatable bonds is 9. The maximum Gasteiger partial charge on any atom is 0.305 e. The van der Waals surface area contributed by atoms with E-state index in [2.05, 4.69) is 15.0 Å². The first kappa shape index (κ1) is 18.0. The molecule has 1 rings (SSSR count). The molecule has 0 heterocycles. The van der Waals surface area contributed by atoms with E-state index < -0.39 is 0 Å². The number of aliphatic imine (C=N–C) groups is 1. The van der Waals surface area contributed by atoms with Crippen LogP contribution in [-0.4, -0.2) is 25.6 Å². The highest BCUT2D eigenvalue weighted by molar-refractivity contribution is 5.92. The minimum absolute atomic E-state index is 0.125. The minimum Gasteiger partial charge on any atom is -0.469 e. The lowest BCUT2D eigenvalue weighted by atomic mass is 10.1. The van der Waals surface area contributed by atoms with Crippen LogP contribution < -0.4 is 11.1 Å². The zero-order valence-electron chi connectivity index (χ0n) is 13.6. The van der Waals surface area contributed by atoms with E-state index >= 15 is 0 Å². The molecule has 0 aromatic heterocycles. The largest absolute Gasteiger partial charge is 0.469 e. The van der Waals surface area contributed by atoms with Crippen molar-refractivity contribution in [1.82, 2.24) is 0 Å². The number of guanidine groups is 1. The zero-order chi connectivity index (χ0) is 16.2. The number of ether oxygens (including phenoxy) is 1. The quantitative estimate of drug-likeness (QED) is 0.318. The number of hydrogen-bond acceptors (Lipinski definition) is 3. The molecule has 3 N–H and O–H groups in total. The lowest BCUT2D eigenvalue weighted by Gasteiger charge is -2.06. The summed E-state index contributed by atoms with van der Waals surface area (Å²) in [4.78, 5) is 15.2. The summed E-state index contributed by atoms with van der Waals surface area (Å²) in [5.74, 6) is 0.328. The van der Waals surface area contributed by atoms with Gasteiger partial charge in [0.15, 0.2) is 5.96 Å². The number of aryl methyl sites for hydroxylation is 1. The van der Waals surface area contributed by atoms with E-state index in [0.29, 0.717) is 12.4 Å². The molecule has 0 aliphatic carbocycles. The van der Waals surface area contributed by atoms with Crippen LogP contribution in [0.2, 0.25) is 0 Å². The average molecular weight is 305 g/mol. The van der Waals surface area contributed by atoms with Crippen molar-refractivity contribution >= 4 is 17.6 Å². The molecule has 0 aliphatic heterocycles. The predicted octanol–water partition coefficient (Wildman–Crippen LogP) is 3.24. The SMILES string of the molecule is COC(=O)CCCCCCCN=C(N)Nc1ccc(C)cc1. The number of carbonyl (C=O) groups is 1. The molecule has 0 aliphatic rings. The van der Waals surface area contributed by atoms with Crippen molar-refractivity contribution in [1.29, 1.82) is 0 Å². The molecule has 0 saturated carbocycles. The molecule has 0 bridgehead atoms. The highest BCUT2D eigenvalue weighted by atomic mass is 16.5. The van der Waals surface area contributed by atoms with Crippen molar-refractivity contribution in [2.45, 2.75) is 45.4 Å². The molecular weight excluding hydrogens is 278 g/mol. The van der Waals surface area contributed by atoms with Gasteiger partial charge in [-0.1, -0.05) is 37.0 Å². The Morgan fingerprint density at radius 2 is 1.77 bits per heavy atom. The lowest BCUT2D eigenvalue weighted by Crippen LogP contribution is -2.22. The summed E-state index contributed by atoms with van der Waals surface area (Å²) in [5.41, 5.74) is 8.01. The van der Waals surface area contributed by atoms with Crippen LogP contribution in [0.25, 0.3) is 0 Å². The summed E-state index contributed by atoms with van der Waals surface area (Å²) >= 11 is 0. The van der Waals surface area contributed by atoms with Crippen molar-refractivity contribution in [3.63, 3.8) is 0 Å². The monoisotopic (exact) mass is 305 g/mol. The molecule has 0 fully saturated rings. The van der Waals surface area contributed by atoms with Crippen LogP contribution in [0.15, 0.2) is 29.3 Å². The van der Waals surface area contributed by atoms with Gasteiger partial charge in [-0.3, -0.25) is 9.79 Å². The van der Waals surface area contributed by atoms with Gasteiger partial charge in [0.05, 0.1) is 7.11 Å². The van der Waals surface area contributed by atoms with Gasteiger partial charge in [0.25, 0.3) is 0 Å². The second-order valence-electron chi connectivity index (χ2n) is 5.35. The van der Waals surface area contributed by atoms with Crippen molar-refractivity contribution < 1.29 is 9.53 Å². The summed E-state index contributed by atoms with van der Waals surface area (Å²) in [7, 11) is 1.43. The minimum atomic E-state index is -0.125. The topological polar surface area (TPSA) is 76.7 Å². The van der Waals surface area contributed by atoms with Gasteiger partial charge in [0, 0.05) is 18.7 Å². The molecule has 1 aromatic rings. The highest BCUT2D eigenvalue weighted by Crippen LogP contribution is 2.08. The molecule has 0 spiro atoms. The molecule has 0 saturated heterocycles. The molecule has 0 unspecified atom stereocenters. The number of carbonyl (C=O) groups excluding carboxylic acids is 1. The smallest absolute Gasteiger partial charge is 0.305 e. The Balaban J connectivity index is 2.07. The van der Waals surface area contributed by atoms with Gasteiger partial charge in [-0.25, -0.2) is 0 Å². The van der Waals surface area contributed by atoms with E-state index in [1.165, 1.54) is 12.7 Å². The van der Waals surface area contributed by atoms with Crippen LogP contribution in [-0.2, 0) is 9.53 Å². The van der Waals surface area contributed by atoms with E-state index in [4.69, 9.17) is 5.73 Å². The summed E-state index contributed by atoms with van der Waals surface area (Å²) in [6.07, 6.45) is 5.68. The van der Waals surface area contributed by atoms with E-state index in [9.17, 15) is 4.79 Å². The second-order valence-corrected chi connectivity index (χ2v) is 5.35. The van der Waals surface area contributed by atoms with Crippen LogP contribution in [0.3, 0.4) is 0 Å². The number of methoxy groups -OCH3 is 1. The first-order valence-electron chi connectivity index (χ1n) is 7.82. The molecule has 1 aromatic carbocycles. The Kier molecular flexibility index (Phi) is 8.72. The van der Waals surface area contributed by atoms with E-state index in [0.717, 1.165) is 44.3 Å². The number of benzene rings is 1. The maximum absolute atomic E-state index is 10.9. The number of nitrogens with zero attached hydrogens (tertiary/aromatic N) is 1. The Hall–Kier alpha value is -2.04. The first-order chi connectivity index (χ1) is 10.6. The Bertz CT molecular complexity index is 469. The Morgan fingerprint density at radius 3 is 2.45 bits per heavy atom. The molecule has 0 atom stereocenters. The second kappa shape index (κ2) is 10.7. The summed E-state index contributed by atoms with van der Waals surface area (Å²) in [5, 5.41) is 3.08. The number of nitrogens with two attached hydrogens (primary N) is 1. The number of nitrogens with one attached hydrogen (secondary N) is 1. The number of hydrogen-bond donors (Lipinski definition) is 2. The molecular formula is C17H27N3O2. The van der Waals surface area contributed by atoms with Gasteiger partial charge in [-0.2, -0.15) is 0 Å². The van der Waals surface area contributed by atoms with Crippen molar-refractivity contribution in [3.8, 4) is 0 Å². The van der Waals surface area contributed by atoms with Crippen molar-refractivity contribution in [2.75, 3.05) is 19.0 Å². The molecule has 0 radical (unpaired) electrons. The van der Waals surface area contributed by atoms with E-state index in [-0.39, 0.29) is 5.97 Å². The summed E-state index contributed by atoms with van der Waals surface area (Å²) < 4.78 is 4.60. The maximum atomic E-state index is 10.9. The van der Waals surface area contributed by atoms with Gasteiger partial charge >= 0.3 is 5.97 Å². The molecule has 122 valence electrons. The van der Waals surface area contributed by atoms with Crippen LogP contribution >= 0.6 is 0 Å². The standard InChI is InChI=1S/C17H27N3O2/c1-14-9-11-15(12-10-14)20-17(18)19-13-7-5-3-4-6-8-16(21)22-2/h9-12H,3-8,13H2,1-2H3,(H3,18,19,20). The van der Waals surface area contributed by atoms with Gasteiger partial charge in [0.2, 0.25) is 0 Å². The Labute approximate surface area is 133 Å². The number of esters is 1. The fourth-order valence-electron chi connectivity index (χ4n) is 2.04. The third kappa shape index (κ3) is 8.29. The third-order valence-corrected chi connectivity index (χ3v) is 3.37. The van der Waals surface area contributed by atoms with Gasteiger partial charge < -0.3 is 15.8 Å². The highest BCUT2D eigenvalue weighted by Gasteiger charge is 1.99. The first-order valence-corrected chi connectivity index (χ1v) is 7.82. The molecule has 22 heavy (non-hydrogen) atoms. The van der Waals surface area contributed by atoms with Gasteiger partial charge in [-0.15, -0.1) is 0 Å². The van der Waals surface area contributed by atoms with Crippen molar-refractivity contribution in [2.24, 2.45) is 10.7 Å². The van der Waals surface area contributed by atoms with Crippen LogP contribution in [0.1, 0.15) is 44.1 Å². The van der Waals surface area contributed by atoms with Gasteiger partial charge in [0.1, 0.15) is 0 Å². The summed E-state index contributed by atoms with van der Waals surface area (Å²) in [6, 6.07) is 8.03. The van der Waals surface area contributed by atoms with Crippen LogP contribution in [0.4, 0.5) is 5.69 Å². The van der Waals surface area contributed by atoms with E-state index in [1.807, 2.05) is 31.2 Å².